The first kappa shape index (κ1) is 17.5. The second-order valence-corrected chi connectivity index (χ2v) is 7.71. The third kappa shape index (κ3) is 5.82. The molecular weight excluding hydrogens is 248 g/mol. The molecule has 1 atom stereocenters. The number of carbonyl (C=O) groups is 1. The average molecular weight is 282 g/mol. The van der Waals surface area contributed by atoms with E-state index in [2.05, 4.69) is 33.0 Å². The molecule has 3 heteroatoms. The fourth-order valence-corrected chi connectivity index (χ4v) is 3.11. The standard InChI is InChI=1S/C17H34N2O/c1-5-9-17(10-11-17)13-19-15(20)7-6-14(8-12-18)16(2,3)4/h14H,5-13,18H2,1-4H3,(H,19,20). The van der Waals surface area contributed by atoms with Crippen molar-refractivity contribution in [3.05, 3.63) is 0 Å². The predicted molar refractivity (Wildman–Crippen MR) is 85.4 cm³/mol. The van der Waals surface area contributed by atoms with Gasteiger partial charge in [0.15, 0.2) is 0 Å². The molecule has 0 aromatic carbocycles. The first-order valence-corrected chi connectivity index (χ1v) is 8.30. The van der Waals surface area contributed by atoms with Gasteiger partial charge in [-0.05, 0) is 55.4 Å². The van der Waals surface area contributed by atoms with E-state index in [-0.39, 0.29) is 11.3 Å². The largest absolute Gasteiger partial charge is 0.356 e. The zero-order valence-corrected chi connectivity index (χ0v) is 13.9. The molecule has 0 saturated heterocycles. The molecule has 3 nitrogen and oxygen atoms in total. The number of amides is 1. The van der Waals surface area contributed by atoms with Crippen LogP contribution >= 0.6 is 0 Å². The lowest BCUT2D eigenvalue weighted by molar-refractivity contribution is -0.121. The summed E-state index contributed by atoms with van der Waals surface area (Å²) >= 11 is 0. The van der Waals surface area contributed by atoms with Crippen LogP contribution in [0.1, 0.15) is 72.6 Å². The normalized spacial score (nSPS) is 18.6. The number of hydrogen-bond donors (Lipinski definition) is 2. The Labute approximate surface area is 125 Å². The Morgan fingerprint density at radius 3 is 2.40 bits per heavy atom. The van der Waals surface area contributed by atoms with Crippen LogP contribution in [-0.4, -0.2) is 19.0 Å². The molecule has 1 rings (SSSR count). The predicted octanol–water partition coefficient (Wildman–Crippen LogP) is 3.47. The molecule has 1 amide bonds. The SMILES string of the molecule is CCCC1(CNC(=O)CCC(CCN)C(C)(C)C)CC1. The Morgan fingerprint density at radius 2 is 1.95 bits per heavy atom. The maximum Gasteiger partial charge on any atom is 0.220 e. The summed E-state index contributed by atoms with van der Waals surface area (Å²) in [6.07, 6.45) is 7.66. The van der Waals surface area contributed by atoms with Crippen molar-refractivity contribution in [1.82, 2.24) is 5.32 Å². The van der Waals surface area contributed by atoms with Crippen molar-refractivity contribution in [2.45, 2.75) is 72.6 Å². The van der Waals surface area contributed by atoms with E-state index in [1.165, 1.54) is 25.7 Å². The Kier molecular flexibility index (Phi) is 6.50. The number of nitrogens with two attached hydrogens (primary N) is 1. The van der Waals surface area contributed by atoms with E-state index < -0.39 is 0 Å². The van der Waals surface area contributed by atoms with Crippen molar-refractivity contribution in [2.24, 2.45) is 22.5 Å². The monoisotopic (exact) mass is 282 g/mol. The zero-order valence-electron chi connectivity index (χ0n) is 13.9. The van der Waals surface area contributed by atoms with Crippen LogP contribution in [0, 0.1) is 16.7 Å². The summed E-state index contributed by atoms with van der Waals surface area (Å²) in [6.45, 7) is 10.5. The molecule has 1 saturated carbocycles. The Balaban J connectivity index is 2.28. The summed E-state index contributed by atoms with van der Waals surface area (Å²) in [7, 11) is 0. The van der Waals surface area contributed by atoms with E-state index in [0.29, 0.717) is 24.3 Å². The molecular formula is C17H34N2O. The van der Waals surface area contributed by atoms with Gasteiger partial charge in [-0.25, -0.2) is 0 Å². The second kappa shape index (κ2) is 7.44. The van der Waals surface area contributed by atoms with Crippen LogP contribution in [-0.2, 0) is 4.79 Å². The Bertz CT molecular complexity index is 303. The first-order chi connectivity index (χ1) is 9.33. The first-order valence-electron chi connectivity index (χ1n) is 8.30. The topological polar surface area (TPSA) is 55.1 Å². The maximum atomic E-state index is 12.0. The fraction of sp³-hybridized carbons (Fsp3) is 0.941. The molecule has 1 fully saturated rings. The van der Waals surface area contributed by atoms with Crippen molar-refractivity contribution in [2.75, 3.05) is 13.1 Å². The molecule has 0 spiro atoms. The van der Waals surface area contributed by atoms with Crippen molar-refractivity contribution in [3.63, 3.8) is 0 Å². The van der Waals surface area contributed by atoms with Crippen LogP contribution in [0.25, 0.3) is 0 Å². The molecule has 0 aliphatic heterocycles. The highest BCUT2D eigenvalue weighted by molar-refractivity contribution is 5.75. The van der Waals surface area contributed by atoms with E-state index in [1.807, 2.05) is 0 Å². The van der Waals surface area contributed by atoms with Gasteiger partial charge >= 0.3 is 0 Å². The van der Waals surface area contributed by atoms with Gasteiger partial charge in [-0.3, -0.25) is 4.79 Å². The molecule has 20 heavy (non-hydrogen) atoms. The van der Waals surface area contributed by atoms with E-state index in [1.54, 1.807) is 0 Å². The molecule has 0 bridgehead atoms. The quantitative estimate of drug-likeness (QED) is 0.680. The minimum absolute atomic E-state index is 0.221. The van der Waals surface area contributed by atoms with Gasteiger partial charge < -0.3 is 11.1 Å². The van der Waals surface area contributed by atoms with Gasteiger partial charge in [0.2, 0.25) is 5.91 Å². The van der Waals surface area contributed by atoms with Gasteiger partial charge in [0.05, 0.1) is 0 Å². The third-order valence-corrected chi connectivity index (χ3v) is 4.86. The summed E-state index contributed by atoms with van der Waals surface area (Å²) in [4.78, 5) is 12.0. The lowest BCUT2D eigenvalue weighted by atomic mass is 9.76. The number of rotatable bonds is 9. The van der Waals surface area contributed by atoms with Crippen LogP contribution in [0.5, 0.6) is 0 Å². The Morgan fingerprint density at radius 1 is 1.30 bits per heavy atom. The van der Waals surface area contributed by atoms with Crippen molar-refractivity contribution < 1.29 is 4.79 Å². The highest BCUT2D eigenvalue weighted by Gasteiger charge is 2.41. The van der Waals surface area contributed by atoms with Crippen molar-refractivity contribution >= 4 is 5.91 Å². The van der Waals surface area contributed by atoms with E-state index in [0.717, 1.165) is 19.4 Å². The summed E-state index contributed by atoms with van der Waals surface area (Å²) in [5.74, 6) is 0.752. The molecule has 0 heterocycles. The number of hydrogen-bond acceptors (Lipinski definition) is 2. The summed E-state index contributed by atoms with van der Waals surface area (Å²) < 4.78 is 0. The van der Waals surface area contributed by atoms with Crippen LogP contribution in [0.4, 0.5) is 0 Å². The zero-order chi connectivity index (χ0) is 15.2. The van der Waals surface area contributed by atoms with Gasteiger partial charge in [-0.15, -0.1) is 0 Å². The molecule has 0 radical (unpaired) electrons. The fourth-order valence-electron chi connectivity index (χ4n) is 3.11. The van der Waals surface area contributed by atoms with E-state index >= 15 is 0 Å². The molecule has 1 unspecified atom stereocenters. The molecule has 0 aromatic rings. The minimum atomic E-state index is 0.221. The summed E-state index contributed by atoms with van der Waals surface area (Å²) in [5.41, 5.74) is 6.37. The molecule has 1 aliphatic rings. The van der Waals surface area contributed by atoms with Gasteiger partial charge in [-0.2, -0.15) is 0 Å². The van der Waals surface area contributed by atoms with Gasteiger partial charge in [-0.1, -0.05) is 34.1 Å². The van der Waals surface area contributed by atoms with Crippen LogP contribution in [0.15, 0.2) is 0 Å². The summed E-state index contributed by atoms with van der Waals surface area (Å²) in [6, 6.07) is 0. The molecule has 118 valence electrons. The minimum Gasteiger partial charge on any atom is -0.356 e. The van der Waals surface area contributed by atoms with E-state index in [4.69, 9.17) is 5.73 Å². The lowest BCUT2D eigenvalue weighted by Gasteiger charge is -2.30. The van der Waals surface area contributed by atoms with Crippen molar-refractivity contribution in [1.29, 1.82) is 0 Å². The highest BCUT2D eigenvalue weighted by atomic mass is 16.1. The van der Waals surface area contributed by atoms with Gasteiger partial charge in [0, 0.05) is 13.0 Å². The highest BCUT2D eigenvalue weighted by Crippen LogP contribution is 2.48. The second-order valence-electron chi connectivity index (χ2n) is 7.71. The van der Waals surface area contributed by atoms with Crippen LogP contribution < -0.4 is 11.1 Å². The van der Waals surface area contributed by atoms with Crippen molar-refractivity contribution in [3.8, 4) is 0 Å². The Hall–Kier alpha value is -0.570. The molecule has 0 aromatic heterocycles. The molecule has 1 aliphatic carbocycles. The average Bonchev–Trinajstić information content (AvgIpc) is 3.11. The van der Waals surface area contributed by atoms with E-state index in [9.17, 15) is 4.79 Å². The number of nitrogens with one attached hydrogen (secondary N) is 1. The summed E-state index contributed by atoms with van der Waals surface area (Å²) in [5, 5.41) is 3.15. The van der Waals surface area contributed by atoms with Gasteiger partial charge in [0.25, 0.3) is 0 Å². The van der Waals surface area contributed by atoms with Gasteiger partial charge in [0.1, 0.15) is 0 Å². The smallest absolute Gasteiger partial charge is 0.220 e. The van der Waals surface area contributed by atoms with Crippen LogP contribution in [0.3, 0.4) is 0 Å². The maximum absolute atomic E-state index is 12.0. The third-order valence-electron chi connectivity index (χ3n) is 4.86. The lowest BCUT2D eigenvalue weighted by Crippen LogP contribution is -2.31. The number of carbonyl (C=O) groups excluding carboxylic acids is 1. The molecule has 3 N–H and O–H groups in total. The van der Waals surface area contributed by atoms with Crippen LogP contribution in [0.2, 0.25) is 0 Å².